The van der Waals surface area contributed by atoms with Crippen LogP contribution in [0.3, 0.4) is 0 Å². The maximum Gasteiger partial charge on any atom is 2.00 e. The quantitative estimate of drug-likeness (QED) is 0.366. The van der Waals surface area contributed by atoms with Gasteiger partial charge >= 0.3 is 21.1 Å². The predicted molar refractivity (Wildman–Crippen MR) is 59.7 cm³/mol. The Hall–Kier alpha value is -1.69. The first-order valence-electron chi connectivity index (χ1n) is 5.37. The summed E-state index contributed by atoms with van der Waals surface area (Å²) in [5.41, 5.74) is 0. The molecule has 0 unspecified atom stereocenters. The summed E-state index contributed by atoms with van der Waals surface area (Å²) in [6.45, 7) is 4.17. The van der Waals surface area contributed by atoms with Gasteiger partial charge in [-0.25, -0.2) is 0 Å². The third kappa shape index (κ3) is 9.78. The van der Waals surface area contributed by atoms with E-state index in [1.165, 1.54) is 0 Å². The van der Waals surface area contributed by atoms with E-state index >= 15 is 0 Å². The molecule has 0 fully saturated rings. The number of hydrogen-bond acceptors (Lipinski definition) is 8. The molecule has 0 atom stereocenters. The molecule has 0 aliphatic rings. The van der Waals surface area contributed by atoms with Gasteiger partial charge in [-0.1, -0.05) is 0 Å². The largest absolute Gasteiger partial charge is 2.00 e. The van der Waals surface area contributed by atoms with Gasteiger partial charge in [-0.2, -0.15) is 0 Å². The van der Waals surface area contributed by atoms with Crippen LogP contribution < -0.4 is 10.2 Å². The topological polar surface area (TPSA) is 149 Å². The molecule has 0 aromatic rings. The van der Waals surface area contributed by atoms with E-state index < -0.39 is 46.9 Å². The summed E-state index contributed by atoms with van der Waals surface area (Å²) in [5, 5.41) is 20.1. The van der Waals surface area contributed by atoms with Crippen molar-refractivity contribution in [2.45, 2.75) is 27.7 Å². The Morgan fingerprint density at radius 1 is 0.571 bits per heavy atom. The molecule has 0 aromatic carbocycles. The number of Topliss-reactive ketones (excluding diaryl/α,β-unsaturated/α-hetero) is 4. The monoisotopic (exact) mass is 481 g/mol. The number of carbonyl (C=O) groups excluding carboxylic acids is 6. The first kappa shape index (κ1) is 24.3. The number of aliphatic carboxylic acids is 2. The van der Waals surface area contributed by atoms with Gasteiger partial charge in [0.2, 0.25) is 0 Å². The predicted octanol–water partition coefficient (Wildman–Crippen LogP) is -2.94. The Balaban J connectivity index is -0.000000295. The summed E-state index contributed by atoms with van der Waals surface area (Å²) < 4.78 is 0. The van der Waals surface area contributed by atoms with Gasteiger partial charge < -0.3 is 19.8 Å². The minimum Gasteiger partial charge on any atom is -0.549 e. The van der Waals surface area contributed by atoms with E-state index in [1.54, 1.807) is 0 Å². The smallest absolute Gasteiger partial charge is 0.549 e. The zero-order chi connectivity index (χ0) is 16.6. The number of hydrogen-bond donors (Lipinski definition) is 0. The van der Waals surface area contributed by atoms with Crippen molar-refractivity contribution < 1.29 is 60.0 Å². The summed E-state index contributed by atoms with van der Waals surface area (Å²) in [5.74, 6) is -9.17. The second kappa shape index (κ2) is 11.0. The molecular weight excluding hydrogens is 467 g/mol. The number of ketones is 4. The first-order valence-corrected chi connectivity index (χ1v) is 5.37. The van der Waals surface area contributed by atoms with Crippen LogP contribution in [0.2, 0.25) is 0 Å². The van der Waals surface area contributed by atoms with Crippen molar-refractivity contribution >= 4 is 35.1 Å². The fraction of sp³-hybridized carbons (Fsp3) is 0.500. The third-order valence-corrected chi connectivity index (χ3v) is 2.10. The van der Waals surface area contributed by atoms with Gasteiger partial charge in [-0.3, -0.25) is 19.2 Å². The summed E-state index contributed by atoms with van der Waals surface area (Å²) in [6, 6.07) is 0. The van der Waals surface area contributed by atoms with Gasteiger partial charge in [0.1, 0.15) is 35.0 Å². The van der Waals surface area contributed by atoms with Crippen LogP contribution in [0.15, 0.2) is 0 Å². The molecule has 0 heterocycles. The van der Waals surface area contributed by atoms with E-state index in [4.69, 9.17) is 0 Å². The number of rotatable bonds is 6. The van der Waals surface area contributed by atoms with Crippen LogP contribution in [0.1, 0.15) is 27.7 Å². The maximum absolute atomic E-state index is 10.4. The van der Waals surface area contributed by atoms with Gasteiger partial charge in [0, 0.05) is 0 Å². The van der Waals surface area contributed by atoms with Crippen molar-refractivity contribution in [1.29, 1.82) is 0 Å². The first-order chi connectivity index (χ1) is 8.93. The number of carboxylic acids is 2. The zero-order valence-corrected chi connectivity index (χ0v) is 14.0. The van der Waals surface area contributed by atoms with Crippen molar-refractivity contribution in [2.75, 3.05) is 0 Å². The van der Waals surface area contributed by atoms with Crippen molar-refractivity contribution in [1.82, 2.24) is 0 Å². The molecule has 0 saturated carbocycles. The average Bonchev–Trinajstić information content (AvgIpc) is 2.12. The molecule has 8 nitrogen and oxygen atoms in total. The van der Waals surface area contributed by atoms with Crippen LogP contribution >= 0.6 is 0 Å². The van der Waals surface area contributed by atoms with E-state index in [1.807, 2.05) is 0 Å². The molecule has 21 heavy (non-hydrogen) atoms. The molecule has 0 saturated heterocycles. The van der Waals surface area contributed by atoms with Gasteiger partial charge in [-0.15, -0.1) is 0 Å². The Kier molecular flexibility index (Phi) is 12.8. The summed E-state index contributed by atoms with van der Waals surface area (Å²) in [6.07, 6.45) is 0. The Morgan fingerprint density at radius 3 is 0.714 bits per heavy atom. The van der Waals surface area contributed by atoms with E-state index in [0.29, 0.717) is 0 Å². The van der Waals surface area contributed by atoms with Crippen LogP contribution in [0.4, 0.5) is 0 Å². The molecule has 0 aliphatic carbocycles. The summed E-state index contributed by atoms with van der Waals surface area (Å²) >= 11 is 0. The normalized spacial score (nSPS) is 9.05. The molecule has 0 N–H and O–H groups in total. The van der Waals surface area contributed by atoms with Crippen LogP contribution in [-0.4, -0.2) is 35.1 Å². The SMILES string of the molecule is CC(=O)C(C(C)=O)C(=O)[O-].CC(=O)C(C(C)=O)C(=O)[O-].[Pt+2]. The van der Waals surface area contributed by atoms with Gasteiger partial charge in [0.25, 0.3) is 0 Å². The van der Waals surface area contributed by atoms with E-state index in [-0.39, 0.29) is 21.1 Å². The molecule has 0 amide bonds. The molecular formula is C12H14O8Pt. The van der Waals surface area contributed by atoms with Crippen LogP contribution in [0, 0.1) is 11.8 Å². The second-order valence-electron chi connectivity index (χ2n) is 3.95. The maximum atomic E-state index is 10.4. The van der Waals surface area contributed by atoms with E-state index in [9.17, 15) is 39.0 Å². The standard InChI is InChI=1S/2C6H8O4.Pt/c2*1-3(7)5(4(2)8)6(9)10;/h2*5H,1-2H3,(H,9,10);/q;;+2/p-2. The van der Waals surface area contributed by atoms with Crippen molar-refractivity contribution in [3.05, 3.63) is 0 Å². The van der Waals surface area contributed by atoms with E-state index in [0.717, 1.165) is 27.7 Å². The molecule has 0 aromatic heterocycles. The fourth-order valence-corrected chi connectivity index (χ4v) is 1.24. The molecule has 0 bridgehead atoms. The number of carbonyl (C=O) groups is 6. The Labute approximate surface area is 135 Å². The van der Waals surface area contributed by atoms with Gasteiger partial charge in [0.05, 0.1) is 11.9 Å². The van der Waals surface area contributed by atoms with Crippen molar-refractivity contribution in [2.24, 2.45) is 11.8 Å². The zero-order valence-electron chi connectivity index (χ0n) is 11.7. The van der Waals surface area contributed by atoms with Gasteiger partial charge in [0.15, 0.2) is 0 Å². The average molecular weight is 481 g/mol. The summed E-state index contributed by atoms with van der Waals surface area (Å²) in [4.78, 5) is 61.6. The molecule has 0 rings (SSSR count). The minimum atomic E-state index is -1.62. The third-order valence-electron chi connectivity index (χ3n) is 2.10. The van der Waals surface area contributed by atoms with Crippen LogP contribution in [0.25, 0.3) is 0 Å². The fourth-order valence-electron chi connectivity index (χ4n) is 1.24. The summed E-state index contributed by atoms with van der Waals surface area (Å²) in [7, 11) is 0. The molecule has 0 radical (unpaired) electrons. The van der Waals surface area contributed by atoms with Crippen LogP contribution in [0.5, 0.6) is 0 Å². The Morgan fingerprint density at radius 2 is 0.714 bits per heavy atom. The van der Waals surface area contributed by atoms with E-state index in [2.05, 4.69) is 0 Å². The Bertz CT molecular complexity index is 346. The minimum absolute atomic E-state index is 0. The van der Waals surface area contributed by atoms with Crippen molar-refractivity contribution in [3.63, 3.8) is 0 Å². The number of carboxylic acid groups (broad SMARTS) is 2. The molecule has 0 spiro atoms. The van der Waals surface area contributed by atoms with Crippen molar-refractivity contribution in [3.8, 4) is 0 Å². The molecule has 0 aliphatic heterocycles. The van der Waals surface area contributed by atoms with Gasteiger partial charge in [-0.05, 0) is 27.7 Å². The molecule has 9 heteroatoms. The second-order valence-corrected chi connectivity index (χ2v) is 3.95. The molecule has 120 valence electrons. The van der Waals surface area contributed by atoms with Crippen LogP contribution in [-0.2, 0) is 49.8 Å².